The molecule has 0 radical (unpaired) electrons. The van der Waals surface area contributed by atoms with Crippen LogP contribution in [0, 0.1) is 0 Å². The standard InChI is InChI=1S/C23H27NO5/c1-14(29-23(2,3)4)20(21(25)26)24-22(27)28-13-19-17-11-7-5-9-15(17)16-10-6-8-12-18(16)19/h5-12,14,19-20H,13H2,1-4H3,(H,24,27)(H,25,26)/p-1/t14-,20+/m0/s1. The first-order chi connectivity index (χ1) is 13.7. The highest BCUT2D eigenvalue weighted by molar-refractivity contribution is 5.80. The van der Waals surface area contributed by atoms with E-state index in [2.05, 4.69) is 5.32 Å². The predicted octanol–water partition coefficient (Wildman–Crippen LogP) is 2.85. The van der Waals surface area contributed by atoms with Crippen molar-refractivity contribution in [2.24, 2.45) is 0 Å². The quantitative estimate of drug-likeness (QED) is 0.811. The van der Waals surface area contributed by atoms with Crippen LogP contribution < -0.4 is 10.4 Å². The van der Waals surface area contributed by atoms with Crippen LogP contribution in [-0.2, 0) is 14.3 Å². The molecule has 1 amide bonds. The minimum atomic E-state index is -1.42. The third-order valence-corrected chi connectivity index (χ3v) is 4.88. The summed E-state index contributed by atoms with van der Waals surface area (Å²) in [6, 6.07) is 14.7. The number of carboxylic acids is 1. The lowest BCUT2D eigenvalue weighted by atomic mass is 9.98. The molecular formula is C23H26NO5-. The number of rotatable bonds is 6. The molecule has 0 heterocycles. The SMILES string of the molecule is C[C@H](OC(C)(C)C)[C@@H](NC(=O)OCC1c2ccccc2-c2ccccc21)C(=O)[O-]. The van der Waals surface area contributed by atoms with Gasteiger partial charge in [-0.25, -0.2) is 4.79 Å². The highest BCUT2D eigenvalue weighted by Gasteiger charge is 2.30. The molecule has 29 heavy (non-hydrogen) atoms. The fourth-order valence-corrected chi connectivity index (χ4v) is 3.76. The smallest absolute Gasteiger partial charge is 0.407 e. The van der Waals surface area contributed by atoms with Crippen molar-refractivity contribution in [1.29, 1.82) is 0 Å². The first kappa shape index (κ1) is 20.9. The van der Waals surface area contributed by atoms with Crippen molar-refractivity contribution in [2.75, 3.05) is 6.61 Å². The summed E-state index contributed by atoms with van der Waals surface area (Å²) in [6.07, 6.45) is -1.59. The molecule has 0 aliphatic heterocycles. The number of carbonyl (C=O) groups excluding carboxylic acids is 2. The third kappa shape index (κ3) is 4.77. The van der Waals surface area contributed by atoms with Crippen LogP contribution in [0.3, 0.4) is 0 Å². The highest BCUT2D eigenvalue weighted by Crippen LogP contribution is 2.44. The van der Waals surface area contributed by atoms with E-state index in [4.69, 9.17) is 9.47 Å². The van der Waals surface area contributed by atoms with Gasteiger partial charge in [-0.2, -0.15) is 0 Å². The Morgan fingerprint density at radius 1 is 1.03 bits per heavy atom. The number of hydrogen-bond acceptors (Lipinski definition) is 5. The number of amides is 1. The molecule has 2 aromatic rings. The average molecular weight is 396 g/mol. The Hall–Kier alpha value is -2.86. The van der Waals surface area contributed by atoms with Gasteiger partial charge in [0.2, 0.25) is 0 Å². The number of carboxylic acid groups (broad SMARTS) is 1. The summed E-state index contributed by atoms with van der Waals surface area (Å²) >= 11 is 0. The van der Waals surface area contributed by atoms with Crippen molar-refractivity contribution in [3.05, 3.63) is 59.7 Å². The molecule has 0 saturated carbocycles. The molecule has 6 heteroatoms. The monoisotopic (exact) mass is 396 g/mol. The number of fused-ring (bicyclic) bond motifs is 3. The summed E-state index contributed by atoms with van der Waals surface area (Å²) in [6.45, 7) is 7.11. The van der Waals surface area contributed by atoms with Crippen molar-refractivity contribution in [3.63, 3.8) is 0 Å². The summed E-state index contributed by atoms with van der Waals surface area (Å²) in [5, 5.41) is 13.9. The summed E-state index contributed by atoms with van der Waals surface area (Å²) in [5.41, 5.74) is 3.86. The van der Waals surface area contributed by atoms with Gasteiger partial charge in [0, 0.05) is 5.92 Å². The fourth-order valence-electron chi connectivity index (χ4n) is 3.76. The van der Waals surface area contributed by atoms with Gasteiger partial charge < -0.3 is 24.7 Å². The maximum absolute atomic E-state index is 12.3. The van der Waals surface area contributed by atoms with E-state index < -0.39 is 29.8 Å². The van der Waals surface area contributed by atoms with Crippen LogP contribution in [0.2, 0.25) is 0 Å². The van der Waals surface area contributed by atoms with Gasteiger partial charge >= 0.3 is 6.09 Å². The lowest BCUT2D eigenvalue weighted by Gasteiger charge is -2.31. The zero-order valence-electron chi connectivity index (χ0n) is 17.1. The second-order valence-corrected chi connectivity index (χ2v) is 8.20. The van der Waals surface area contributed by atoms with Crippen LogP contribution in [0.25, 0.3) is 11.1 Å². The Morgan fingerprint density at radius 2 is 1.55 bits per heavy atom. The maximum atomic E-state index is 12.3. The first-order valence-corrected chi connectivity index (χ1v) is 9.67. The Balaban J connectivity index is 1.68. The molecule has 0 aromatic heterocycles. The van der Waals surface area contributed by atoms with E-state index in [1.807, 2.05) is 69.3 Å². The molecule has 3 rings (SSSR count). The van der Waals surface area contributed by atoms with Crippen LogP contribution in [-0.4, -0.2) is 36.4 Å². The lowest BCUT2D eigenvalue weighted by Crippen LogP contribution is -2.55. The van der Waals surface area contributed by atoms with Crippen LogP contribution >= 0.6 is 0 Å². The van der Waals surface area contributed by atoms with Gasteiger partial charge in [-0.15, -0.1) is 0 Å². The average Bonchev–Trinajstić information content (AvgIpc) is 2.96. The second kappa shape index (κ2) is 8.25. The van der Waals surface area contributed by atoms with Gasteiger partial charge in [-0.1, -0.05) is 48.5 Å². The molecule has 2 aromatic carbocycles. The Bertz CT molecular complexity index is 857. The van der Waals surface area contributed by atoms with E-state index in [9.17, 15) is 14.7 Å². The molecule has 0 saturated heterocycles. The molecule has 0 bridgehead atoms. The Kier molecular flexibility index (Phi) is 5.94. The molecule has 1 aliphatic rings. The van der Waals surface area contributed by atoms with Crippen LogP contribution in [0.1, 0.15) is 44.7 Å². The zero-order valence-corrected chi connectivity index (χ0v) is 17.1. The van der Waals surface area contributed by atoms with Crippen LogP contribution in [0.4, 0.5) is 4.79 Å². The van der Waals surface area contributed by atoms with Crippen molar-refractivity contribution in [2.45, 2.75) is 51.4 Å². The number of nitrogens with one attached hydrogen (secondary N) is 1. The van der Waals surface area contributed by atoms with Crippen LogP contribution in [0.15, 0.2) is 48.5 Å². The number of hydrogen-bond donors (Lipinski definition) is 1. The van der Waals surface area contributed by atoms with E-state index in [0.717, 1.165) is 22.3 Å². The Morgan fingerprint density at radius 3 is 2.03 bits per heavy atom. The van der Waals surface area contributed by atoms with Gasteiger partial charge in [0.15, 0.2) is 0 Å². The van der Waals surface area contributed by atoms with E-state index >= 15 is 0 Å². The van der Waals surface area contributed by atoms with Gasteiger partial charge in [0.05, 0.1) is 23.7 Å². The molecule has 1 N–H and O–H groups in total. The molecular weight excluding hydrogens is 370 g/mol. The maximum Gasteiger partial charge on any atom is 0.407 e. The predicted molar refractivity (Wildman–Crippen MR) is 107 cm³/mol. The molecule has 6 nitrogen and oxygen atoms in total. The van der Waals surface area contributed by atoms with Crippen molar-refractivity contribution >= 4 is 12.1 Å². The number of ether oxygens (including phenoxy) is 2. The van der Waals surface area contributed by atoms with E-state index in [1.54, 1.807) is 6.92 Å². The first-order valence-electron chi connectivity index (χ1n) is 9.67. The molecule has 0 unspecified atom stereocenters. The highest BCUT2D eigenvalue weighted by atomic mass is 16.6. The van der Waals surface area contributed by atoms with E-state index in [-0.39, 0.29) is 12.5 Å². The number of carbonyl (C=O) groups is 2. The second-order valence-electron chi connectivity index (χ2n) is 8.20. The minimum absolute atomic E-state index is 0.0993. The van der Waals surface area contributed by atoms with Crippen molar-refractivity contribution in [1.82, 2.24) is 5.32 Å². The molecule has 2 atom stereocenters. The summed E-state index contributed by atoms with van der Waals surface area (Å²) in [7, 11) is 0. The van der Waals surface area contributed by atoms with Crippen molar-refractivity contribution in [3.8, 4) is 11.1 Å². The van der Waals surface area contributed by atoms with Crippen molar-refractivity contribution < 1.29 is 24.2 Å². The van der Waals surface area contributed by atoms with Crippen LogP contribution in [0.5, 0.6) is 0 Å². The largest absolute Gasteiger partial charge is 0.548 e. The summed E-state index contributed by atoms with van der Waals surface area (Å²) in [5.74, 6) is -1.52. The Labute approximate surface area is 170 Å². The molecule has 154 valence electrons. The number of aliphatic carboxylic acids is 1. The third-order valence-electron chi connectivity index (χ3n) is 4.88. The molecule has 0 fully saturated rings. The van der Waals surface area contributed by atoms with Gasteiger partial charge in [0.25, 0.3) is 0 Å². The minimum Gasteiger partial charge on any atom is -0.548 e. The molecule has 0 spiro atoms. The van der Waals surface area contributed by atoms with Gasteiger partial charge in [-0.3, -0.25) is 0 Å². The summed E-state index contributed by atoms with van der Waals surface area (Å²) in [4.78, 5) is 23.8. The molecule has 1 aliphatic carbocycles. The number of benzene rings is 2. The zero-order chi connectivity index (χ0) is 21.2. The normalized spacial score (nSPS) is 15.2. The van der Waals surface area contributed by atoms with Gasteiger partial charge in [0.1, 0.15) is 6.61 Å². The summed E-state index contributed by atoms with van der Waals surface area (Å²) < 4.78 is 11.0. The lowest BCUT2D eigenvalue weighted by molar-refractivity contribution is -0.311. The number of alkyl carbamates (subject to hydrolysis) is 1. The fraction of sp³-hybridized carbons (Fsp3) is 0.391. The van der Waals surface area contributed by atoms with Gasteiger partial charge in [-0.05, 0) is 49.9 Å². The van der Waals surface area contributed by atoms with E-state index in [0.29, 0.717) is 0 Å². The topological polar surface area (TPSA) is 87.7 Å². The van der Waals surface area contributed by atoms with E-state index in [1.165, 1.54) is 0 Å².